The fourth-order valence-electron chi connectivity index (χ4n) is 3.10. The summed E-state index contributed by atoms with van der Waals surface area (Å²) in [7, 11) is 0. The van der Waals surface area contributed by atoms with Crippen LogP contribution >= 0.6 is 15.9 Å². The average molecular weight is 373 g/mol. The van der Waals surface area contributed by atoms with Crippen LogP contribution in [0.1, 0.15) is 30.5 Å². The summed E-state index contributed by atoms with van der Waals surface area (Å²) in [6, 6.07) is 16.6. The maximum absolute atomic E-state index is 12.6. The summed E-state index contributed by atoms with van der Waals surface area (Å²) in [5, 5.41) is 3.41. The maximum Gasteiger partial charge on any atom is 0.240 e. The minimum absolute atomic E-state index is 0.144. The first kappa shape index (κ1) is 16.2. The van der Waals surface area contributed by atoms with Crippen LogP contribution in [0.25, 0.3) is 0 Å². The molecule has 3 rings (SSSR count). The molecule has 1 atom stereocenters. The Morgan fingerprint density at radius 2 is 1.96 bits per heavy atom. The lowest BCUT2D eigenvalue weighted by Gasteiger charge is -2.21. The number of fused-ring (bicyclic) bond motifs is 1. The third-order valence-electron chi connectivity index (χ3n) is 4.37. The molecule has 23 heavy (non-hydrogen) atoms. The SMILES string of the molecule is CC[C@H](NCC(=O)N1CCc2ccccc21)c1ccc(Br)cc1. The third kappa shape index (κ3) is 3.65. The molecule has 2 aromatic carbocycles. The molecule has 0 fully saturated rings. The number of para-hydroxylation sites is 1. The molecule has 4 heteroatoms. The van der Waals surface area contributed by atoms with Crippen LogP contribution in [0.15, 0.2) is 53.0 Å². The normalized spacial score (nSPS) is 14.6. The molecule has 0 spiro atoms. The van der Waals surface area contributed by atoms with E-state index in [2.05, 4.69) is 46.4 Å². The largest absolute Gasteiger partial charge is 0.311 e. The molecule has 1 amide bonds. The Labute approximate surface area is 145 Å². The zero-order chi connectivity index (χ0) is 16.2. The van der Waals surface area contributed by atoms with E-state index in [-0.39, 0.29) is 11.9 Å². The van der Waals surface area contributed by atoms with E-state index in [9.17, 15) is 4.79 Å². The number of carbonyl (C=O) groups is 1. The fourth-order valence-corrected chi connectivity index (χ4v) is 3.36. The molecule has 1 aliphatic heterocycles. The second-order valence-corrected chi connectivity index (χ2v) is 6.73. The lowest BCUT2D eigenvalue weighted by Crippen LogP contribution is -2.38. The van der Waals surface area contributed by atoms with E-state index in [0.29, 0.717) is 6.54 Å². The molecule has 0 unspecified atom stereocenters. The van der Waals surface area contributed by atoms with Crippen LogP contribution < -0.4 is 10.2 Å². The van der Waals surface area contributed by atoms with Gasteiger partial charge in [0.2, 0.25) is 5.91 Å². The molecular formula is C19H21BrN2O. The summed E-state index contributed by atoms with van der Waals surface area (Å²) in [4.78, 5) is 14.5. The molecule has 1 N–H and O–H groups in total. The van der Waals surface area contributed by atoms with Gasteiger partial charge < -0.3 is 10.2 Å². The number of nitrogens with one attached hydrogen (secondary N) is 1. The number of benzene rings is 2. The highest BCUT2D eigenvalue weighted by Crippen LogP contribution is 2.27. The molecule has 0 saturated heterocycles. The van der Waals surface area contributed by atoms with Gasteiger partial charge in [0.1, 0.15) is 0 Å². The predicted octanol–water partition coefficient (Wildman–Crippen LogP) is 4.08. The molecule has 1 aliphatic rings. The average Bonchev–Trinajstić information content (AvgIpc) is 3.01. The van der Waals surface area contributed by atoms with Crippen molar-refractivity contribution in [3.05, 3.63) is 64.1 Å². The van der Waals surface area contributed by atoms with Crippen molar-refractivity contribution in [3.8, 4) is 0 Å². The van der Waals surface area contributed by atoms with Gasteiger partial charge >= 0.3 is 0 Å². The van der Waals surface area contributed by atoms with Crippen LogP contribution in [-0.2, 0) is 11.2 Å². The highest BCUT2D eigenvalue weighted by Gasteiger charge is 2.24. The first-order valence-corrected chi connectivity index (χ1v) is 8.85. The van der Waals surface area contributed by atoms with Crippen molar-refractivity contribution in [1.29, 1.82) is 0 Å². The minimum atomic E-state index is 0.144. The van der Waals surface area contributed by atoms with Crippen molar-refractivity contribution in [2.75, 3.05) is 18.0 Å². The molecule has 1 heterocycles. The van der Waals surface area contributed by atoms with Gasteiger partial charge in [0.25, 0.3) is 0 Å². The molecule has 0 bridgehead atoms. The second-order valence-electron chi connectivity index (χ2n) is 5.82. The monoisotopic (exact) mass is 372 g/mol. The number of rotatable bonds is 5. The van der Waals surface area contributed by atoms with E-state index in [0.717, 1.165) is 29.5 Å². The van der Waals surface area contributed by atoms with Gasteiger partial charge in [-0.3, -0.25) is 4.79 Å². The Bertz CT molecular complexity index is 684. The smallest absolute Gasteiger partial charge is 0.240 e. The van der Waals surface area contributed by atoms with E-state index in [1.807, 2.05) is 35.2 Å². The van der Waals surface area contributed by atoms with E-state index < -0.39 is 0 Å². The Hall–Kier alpha value is -1.65. The summed E-state index contributed by atoms with van der Waals surface area (Å²) in [5.41, 5.74) is 3.54. The third-order valence-corrected chi connectivity index (χ3v) is 4.90. The summed E-state index contributed by atoms with van der Waals surface area (Å²) in [6.45, 7) is 3.28. The van der Waals surface area contributed by atoms with Gasteiger partial charge in [-0.05, 0) is 42.2 Å². The number of carbonyl (C=O) groups excluding carboxylic acids is 1. The lowest BCUT2D eigenvalue weighted by atomic mass is 10.0. The lowest BCUT2D eigenvalue weighted by molar-refractivity contribution is -0.117. The van der Waals surface area contributed by atoms with Crippen LogP contribution in [0.5, 0.6) is 0 Å². The summed E-state index contributed by atoms with van der Waals surface area (Å²) in [6.07, 6.45) is 1.90. The number of hydrogen-bond acceptors (Lipinski definition) is 2. The van der Waals surface area contributed by atoms with Crippen molar-refractivity contribution >= 4 is 27.5 Å². The predicted molar refractivity (Wildman–Crippen MR) is 97.7 cm³/mol. The van der Waals surface area contributed by atoms with Gasteiger partial charge in [-0.15, -0.1) is 0 Å². The molecule has 0 aromatic heterocycles. The Morgan fingerprint density at radius 3 is 2.70 bits per heavy atom. The van der Waals surface area contributed by atoms with Crippen LogP contribution in [0.2, 0.25) is 0 Å². The maximum atomic E-state index is 12.6. The van der Waals surface area contributed by atoms with Gasteiger partial charge in [0.15, 0.2) is 0 Å². The topological polar surface area (TPSA) is 32.3 Å². The molecule has 2 aromatic rings. The van der Waals surface area contributed by atoms with Crippen LogP contribution in [-0.4, -0.2) is 19.0 Å². The van der Waals surface area contributed by atoms with Crippen molar-refractivity contribution in [3.63, 3.8) is 0 Å². The zero-order valence-corrected chi connectivity index (χ0v) is 14.8. The summed E-state index contributed by atoms with van der Waals surface area (Å²) in [5.74, 6) is 0.144. The van der Waals surface area contributed by atoms with Crippen molar-refractivity contribution < 1.29 is 4.79 Å². The van der Waals surface area contributed by atoms with Crippen LogP contribution in [0.3, 0.4) is 0 Å². The van der Waals surface area contributed by atoms with Gasteiger partial charge in [-0.2, -0.15) is 0 Å². The van der Waals surface area contributed by atoms with E-state index in [1.165, 1.54) is 11.1 Å². The van der Waals surface area contributed by atoms with Crippen molar-refractivity contribution in [2.24, 2.45) is 0 Å². The fraction of sp³-hybridized carbons (Fsp3) is 0.316. The number of amides is 1. The zero-order valence-electron chi connectivity index (χ0n) is 13.3. The summed E-state index contributed by atoms with van der Waals surface area (Å²) >= 11 is 3.46. The van der Waals surface area contributed by atoms with Crippen molar-refractivity contribution in [2.45, 2.75) is 25.8 Å². The quantitative estimate of drug-likeness (QED) is 0.857. The highest BCUT2D eigenvalue weighted by atomic mass is 79.9. The molecule has 0 aliphatic carbocycles. The Morgan fingerprint density at radius 1 is 1.22 bits per heavy atom. The van der Waals surface area contributed by atoms with Crippen LogP contribution in [0.4, 0.5) is 5.69 Å². The summed E-state index contributed by atoms with van der Waals surface area (Å²) < 4.78 is 1.07. The van der Waals surface area contributed by atoms with E-state index >= 15 is 0 Å². The van der Waals surface area contributed by atoms with Gasteiger partial charge in [-0.1, -0.05) is 53.2 Å². The van der Waals surface area contributed by atoms with E-state index in [4.69, 9.17) is 0 Å². The number of halogens is 1. The molecule has 0 radical (unpaired) electrons. The number of anilines is 1. The standard InChI is InChI=1S/C19H21BrN2O/c1-2-17(14-7-9-16(20)10-8-14)21-13-19(23)22-12-11-15-5-3-4-6-18(15)22/h3-10,17,21H,2,11-13H2,1H3/t17-/m0/s1. The molecule has 0 saturated carbocycles. The Balaban J connectivity index is 1.63. The van der Waals surface area contributed by atoms with Gasteiger partial charge in [0, 0.05) is 22.7 Å². The molecular weight excluding hydrogens is 352 g/mol. The second kappa shape index (κ2) is 7.28. The highest BCUT2D eigenvalue weighted by molar-refractivity contribution is 9.10. The van der Waals surface area contributed by atoms with Crippen LogP contribution in [0, 0.1) is 0 Å². The Kier molecular flexibility index (Phi) is 5.13. The van der Waals surface area contributed by atoms with E-state index in [1.54, 1.807) is 0 Å². The first-order chi connectivity index (χ1) is 11.2. The molecule has 120 valence electrons. The molecule has 3 nitrogen and oxygen atoms in total. The number of hydrogen-bond donors (Lipinski definition) is 1. The van der Waals surface area contributed by atoms with Crippen molar-refractivity contribution in [1.82, 2.24) is 5.32 Å². The minimum Gasteiger partial charge on any atom is -0.311 e. The van der Waals surface area contributed by atoms with Gasteiger partial charge in [-0.25, -0.2) is 0 Å². The number of nitrogens with zero attached hydrogens (tertiary/aromatic N) is 1. The van der Waals surface area contributed by atoms with Gasteiger partial charge in [0.05, 0.1) is 6.54 Å². The first-order valence-electron chi connectivity index (χ1n) is 8.06.